The highest BCUT2D eigenvalue weighted by atomic mass is 16.7. The van der Waals surface area contributed by atoms with Gasteiger partial charge in [0.15, 0.2) is 29.1 Å². The summed E-state index contributed by atoms with van der Waals surface area (Å²) in [6.07, 6.45) is 1.23. The van der Waals surface area contributed by atoms with Gasteiger partial charge >= 0.3 is 0 Å². The van der Waals surface area contributed by atoms with E-state index in [0.29, 0.717) is 35.3 Å². The molecule has 29 heavy (non-hydrogen) atoms. The zero-order valence-electron chi connectivity index (χ0n) is 16.8. The zero-order chi connectivity index (χ0) is 20.4. The standard InChI is InChI=1S/C22H25NO6/c1-14(29-16-7-9-19-21(12-16)28-13-27-19)22(24)23-10-4-5-17(23)15-6-8-18(25-2)20(11-15)26-3/h6-9,11-12,14,17H,4-5,10,13H2,1-3H3/t14-,17+/m1/s1. The molecule has 1 saturated heterocycles. The normalized spacial score (nSPS) is 18.4. The number of methoxy groups -OCH3 is 2. The van der Waals surface area contributed by atoms with Crippen molar-refractivity contribution < 1.29 is 28.5 Å². The summed E-state index contributed by atoms with van der Waals surface area (Å²) in [5.74, 6) is 3.19. The van der Waals surface area contributed by atoms with Crippen LogP contribution in [0.1, 0.15) is 31.4 Å². The molecule has 2 atom stereocenters. The Balaban J connectivity index is 1.48. The number of benzene rings is 2. The number of carbonyl (C=O) groups is 1. The van der Waals surface area contributed by atoms with Gasteiger partial charge in [-0.2, -0.15) is 0 Å². The Morgan fingerprint density at radius 2 is 1.86 bits per heavy atom. The molecule has 2 aliphatic rings. The Morgan fingerprint density at radius 1 is 1.07 bits per heavy atom. The fraction of sp³-hybridized carbons (Fsp3) is 0.409. The summed E-state index contributed by atoms with van der Waals surface area (Å²) >= 11 is 0. The Labute approximate surface area is 170 Å². The van der Waals surface area contributed by atoms with Crippen molar-refractivity contribution in [2.24, 2.45) is 0 Å². The number of likely N-dealkylation sites (tertiary alicyclic amines) is 1. The molecule has 0 spiro atoms. The topological polar surface area (TPSA) is 66.5 Å². The smallest absolute Gasteiger partial charge is 0.263 e. The minimum Gasteiger partial charge on any atom is -0.493 e. The van der Waals surface area contributed by atoms with E-state index in [1.807, 2.05) is 23.1 Å². The molecule has 2 aromatic rings. The molecular formula is C22H25NO6. The summed E-state index contributed by atoms with van der Waals surface area (Å²) < 4.78 is 27.3. The van der Waals surface area contributed by atoms with Crippen molar-refractivity contribution in [2.45, 2.75) is 31.9 Å². The van der Waals surface area contributed by atoms with Crippen LogP contribution in [0, 0.1) is 0 Å². The fourth-order valence-electron chi connectivity index (χ4n) is 3.88. The molecule has 0 unspecified atom stereocenters. The highest BCUT2D eigenvalue weighted by Crippen LogP contribution is 2.38. The molecule has 0 bridgehead atoms. The lowest BCUT2D eigenvalue weighted by atomic mass is 10.0. The molecule has 0 aromatic heterocycles. The lowest BCUT2D eigenvalue weighted by Crippen LogP contribution is -2.40. The van der Waals surface area contributed by atoms with Crippen molar-refractivity contribution >= 4 is 5.91 Å². The summed E-state index contributed by atoms with van der Waals surface area (Å²) in [7, 11) is 3.22. The van der Waals surface area contributed by atoms with Crippen molar-refractivity contribution in [1.29, 1.82) is 0 Å². The number of carbonyl (C=O) groups excluding carboxylic acids is 1. The number of hydrogen-bond donors (Lipinski definition) is 0. The Morgan fingerprint density at radius 3 is 2.66 bits per heavy atom. The maximum atomic E-state index is 13.1. The summed E-state index contributed by atoms with van der Waals surface area (Å²) in [6.45, 7) is 2.68. The van der Waals surface area contributed by atoms with Gasteiger partial charge in [0, 0.05) is 12.6 Å². The van der Waals surface area contributed by atoms with Crippen molar-refractivity contribution in [3.05, 3.63) is 42.0 Å². The van der Waals surface area contributed by atoms with Gasteiger partial charge in [-0.3, -0.25) is 4.79 Å². The predicted octanol–water partition coefficient (Wildman–Crippen LogP) is 3.56. The minimum absolute atomic E-state index is 0.00916. The summed E-state index contributed by atoms with van der Waals surface area (Å²) in [5.41, 5.74) is 1.03. The fourth-order valence-corrected chi connectivity index (χ4v) is 3.88. The third kappa shape index (κ3) is 3.77. The van der Waals surface area contributed by atoms with Gasteiger partial charge in [0.05, 0.1) is 20.3 Å². The first kappa shape index (κ1) is 19.2. The van der Waals surface area contributed by atoms with Gasteiger partial charge in [0.1, 0.15) is 5.75 Å². The summed E-state index contributed by atoms with van der Waals surface area (Å²) in [5, 5.41) is 0. The first-order valence-corrected chi connectivity index (χ1v) is 9.69. The maximum Gasteiger partial charge on any atom is 0.263 e. The zero-order valence-corrected chi connectivity index (χ0v) is 16.8. The first-order valence-electron chi connectivity index (χ1n) is 9.69. The van der Waals surface area contributed by atoms with E-state index in [1.54, 1.807) is 39.3 Å². The Kier molecular flexibility index (Phi) is 5.38. The van der Waals surface area contributed by atoms with Crippen LogP contribution in [0.2, 0.25) is 0 Å². The van der Waals surface area contributed by atoms with Crippen molar-refractivity contribution in [3.8, 4) is 28.7 Å². The molecule has 1 amide bonds. The van der Waals surface area contributed by atoms with E-state index in [0.717, 1.165) is 18.4 Å². The van der Waals surface area contributed by atoms with Gasteiger partial charge in [-0.1, -0.05) is 6.07 Å². The molecule has 2 aromatic carbocycles. The van der Waals surface area contributed by atoms with E-state index in [2.05, 4.69) is 0 Å². The number of rotatable bonds is 6. The molecule has 2 aliphatic heterocycles. The van der Waals surface area contributed by atoms with Crippen LogP contribution in [0.25, 0.3) is 0 Å². The van der Waals surface area contributed by atoms with Gasteiger partial charge in [0.25, 0.3) is 5.91 Å². The molecule has 4 rings (SSSR count). The van der Waals surface area contributed by atoms with Crippen LogP contribution < -0.4 is 23.7 Å². The molecule has 7 heteroatoms. The molecule has 1 fully saturated rings. The minimum atomic E-state index is -0.615. The molecule has 7 nitrogen and oxygen atoms in total. The van der Waals surface area contributed by atoms with E-state index in [4.69, 9.17) is 23.7 Å². The van der Waals surface area contributed by atoms with Gasteiger partial charge < -0.3 is 28.6 Å². The number of amides is 1. The van der Waals surface area contributed by atoms with E-state index in [-0.39, 0.29) is 18.7 Å². The second-order valence-electron chi connectivity index (χ2n) is 7.08. The second-order valence-corrected chi connectivity index (χ2v) is 7.08. The van der Waals surface area contributed by atoms with Crippen LogP contribution in [-0.4, -0.2) is 44.5 Å². The molecule has 0 N–H and O–H groups in total. The van der Waals surface area contributed by atoms with E-state index in [1.165, 1.54) is 0 Å². The van der Waals surface area contributed by atoms with Crippen molar-refractivity contribution in [3.63, 3.8) is 0 Å². The summed E-state index contributed by atoms with van der Waals surface area (Å²) in [4.78, 5) is 15.0. The Bertz CT molecular complexity index is 899. The first-order chi connectivity index (χ1) is 14.1. The van der Waals surface area contributed by atoms with E-state index in [9.17, 15) is 4.79 Å². The van der Waals surface area contributed by atoms with E-state index >= 15 is 0 Å². The molecule has 0 radical (unpaired) electrons. The largest absolute Gasteiger partial charge is 0.493 e. The van der Waals surface area contributed by atoms with E-state index < -0.39 is 6.10 Å². The maximum absolute atomic E-state index is 13.1. The van der Waals surface area contributed by atoms with Crippen molar-refractivity contribution in [2.75, 3.05) is 27.6 Å². The quantitative estimate of drug-likeness (QED) is 0.740. The molecular weight excluding hydrogens is 374 g/mol. The molecule has 2 heterocycles. The number of fused-ring (bicyclic) bond motifs is 1. The summed E-state index contributed by atoms with van der Waals surface area (Å²) in [6, 6.07) is 11.1. The predicted molar refractivity (Wildman–Crippen MR) is 106 cm³/mol. The van der Waals surface area contributed by atoms with Crippen molar-refractivity contribution in [1.82, 2.24) is 4.90 Å². The molecule has 154 valence electrons. The average molecular weight is 399 g/mol. The number of nitrogens with zero attached hydrogens (tertiary/aromatic N) is 1. The third-order valence-electron chi connectivity index (χ3n) is 5.33. The monoisotopic (exact) mass is 399 g/mol. The lowest BCUT2D eigenvalue weighted by Gasteiger charge is -2.28. The Hall–Kier alpha value is -3.09. The van der Waals surface area contributed by atoms with Gasteiger partial charge in [-0.25, -0.2) is 0 Å². The molecule has 0 aliphatic carbocycles. The van der Waals surface area contributed by atoms with Gasteiger partial charge in [0.2, 0.25) is 6.79 Å². The third-order valence-corrected chi connectivity index (χ3v) is 5.33. The number of ether oxygens (including phenoxy) is 5. The van der Waals surface area contributed by atoms with Gasteiger partial charge in [-0.05, 0) is 49.6 Å². The van der Waals surface area contributed by atoms with Crippen LogP contribution in [0.4, 0.5) is 0 Å². The van der Waals surface area contributed by atoms with Crippen LogP contribution in [-0.2, 0) is 4.79 Å². The highest BCUT2D eigenvalue weighted by molar-refractivity contribution is 5.81. The molecule has 0 saturated carbocycles. The van der Waals surface area contributed by atoms with Crippen LogP contribution >= 0.6 is 0 Å². The van der Waals surface area contributed by atoms with Crippen LogP contribution in [0.5, 0.6) is 28.7 Å². The van der Waals surface area contributed by atoms with Gasteiger partial charge in [-0.15, -0.1) is 0 Å². The van der Waals surface area contributed by atoms with Crippen LogP contribution in [0.15, 0.2) is 36.4 Å². The lowest BCUT2D eigenvalue weighted by molar-refractivity contribution is -0.138. The SMILES string of the molecule is COc1ccc([C@@H]2CCCN2C(=O)[C@@H](C)Oc2ccc3c(c2)OCO3)cc1OC. The van der Waals surface area contributed by atoms with Crippen LogP contribution in [0.3, 0.4) is 0 Å². The number of hydrogen-bond acceptors (Lipinski definition) is 6. The second kappa shape index (κ2) is 8.11. The highest BCUT2D eigenvalue weighted by Gasteiger charge is 2.34. The average Bonchev–Trinajstić information content (AvgIpc) is 3.41.